The van der Waals surface area contributed by atoms with E-state index in [9.17, 15) is 14.3 Å². The van der Waals surface area contributed by atoms with Crippen molar-refractivity contribution in [3.63, 3.8) is 0 Å². The minimum Gasteiger partial charge on any atom is -0.480 e. The van der Waals surface area contributed by atoms with Crippen LogP contribution >= 0.6 is 15.9 Å². The molecule has 0 spiro atoms. The van der Waals surface area contributed by atoms with E-state index >= 15 is 0 Å². The van der Waals surface area contributed by atoms with Crippen LogP contribution in [0.1, 0.15) is 12.8 Å². The predicted molar refractivity (Wildman–Crippen MR) is 77.4 cm³/mol. The molecule has 0 aliphatic carbocycles. The van der Waals surface area contributed by atoms with Gasteiger partial charge in [0, 0.05) is 17.2 Å². The summed E-state index contributed by atoms with van der Waals surface area (Å²) in [6.45, 7) is 0.613. The molecule has 1 aliphatic heterocycles. The summed E-state index contributed by atoms with van der Waals surface area (Å²) in [5.41, 5.74) is 1.11. The summed E-state index contributed by atoms with van der Waals surface area (Å²) in [5.74, 6) is -1.26. The van der Waals surface area contributed by atoms with Gasteiger partial charge in [-0.15, -0.1) is 0 Å². The molecule has 0 amide bonds. The molecule has 1 atom stereocenters. The van der Waals surface area contributed by atoms with E-state index in [1.54, 1.807) is 23.2 Å². The molecule has 1 saturated heterocycles. The summed E-state index contributed by atoms with van der Waals surface area (Å²) in [6.07, 6.45) is 2.95. The van der Waals surface area contributed by atoms with E-state index in [1.165, 1.54) is 6.07 Å². The molecule has 1 fully saturated rings. The van der Waals surface area contributed by atoms with Crippen molar-refractivity contribution in [2.75, 3.05) is 11.4 Å². The Balaban J connectivity index is 2.22. The van der Waals surface area contributed by atoms with Gasteiger partial charge in [-0.2, -0.15) is 0 Å². The molecule has 20 heavy (non-hydrogen) atoms. The van der Waals surface area contributed by atoms with Gasteiger partial charge in [0.1, 0.15) is 11.9 Å². The van der Waals surface area contributed by atoms with E-state index in [0.29, 0.717) is 34.0 Å². The molecule has 104 valence electrons. The SMILES string of the molecule is O=C(O)[C@@H]1CCCN1c1ccnc2c(Br)ccc(F)c12. The third kappa shape index (κ3) is 2.04. The van der Waals surface area contributed by atoms with Crippen molar-refractivity contribution in [1.82, 2.24) is 4.98 Å². The summed E-state index contributed by atoms with van der Waals surface area (Å²) in [4.78, 5) is 17.2. The Morgan fingerprint density at radius 2 is 2.25 bits per heavy atom. The van der Waals surface area contributed by atoms with Crippen molar-refractivity contribution in [3.05, 3.63) is 34.7 Å². The van der Waals surface area contributed by atoms with Crippen LogP contribution in [-0.2, 0) is 4.79 Å². The molecule has 1 N–H and O–H groups in total. The highest BCUT2D eigenvalue weighted by Crippen LogP contribution is 2.35. The maximum Gasteiger partial charge on any atom is 0.326 e. The van der Waals surface area contributed by atoms with Crippen LogP contribution < -0.4 is 4.90 Å². The first-order valence-corrected chi connectivity index (χ1v) is 7.11. The molecule has 4 nitrogen and oxygen atoms in total. The topological polar surface area (TPSA) is 53.4 Å². The van der Waals surface area contributed by atoms with Crippen LogP contribution in [0.3, 0.4) is 0 Å². The molecular weight excluding hydrogens is 327 g/mol. The van der Waals surface area contributed by atoms with Crippen LogP contribution in [0, 0.1) is 5.82 Å². The minimum absolute atomic E-state index is 0.370. The second-order valence-electron chi connectivity index (χ2n) is 4.77. The molecule has 2 heterocycles. The van der Waals surface area contributed by atoms with Crippen molar-refractivity contribution >= 4 is 38.5 Å². The van der Waals surface area contributed by atoms with Crippen LogP contribution in [0.4, 0.5) is 10.1 Å². The van der Waals surface area contributed by atoms with Gasteiger partial charge in [-0.25, -0.2) is 9.18 Å². The van der Waals surface area contributed by atoms with Gasteiger partial charge in [0.05, 0.1) is 16.6 Å². The van der Waals surface area contributed by atoms with Crippen molar-refractivity contribution in [2.45, 2.75) is 18.9 Å². The standard InChI is InChI=1S/C14H12BrFN2O2/c15-8-3-4-9(16)12-10(5-6-17-13(8)12)18-7-1-2-11(18)14(19)20/h3-6,11H,1-2,7H2,(H,19,20)/t11-/m0/s1. The number of aromatic nitrogens is 1. The van der Waals surface area contributed by atoms with Gasteiger partial charge in [0.15, 0.2) is 0 Å². The predicted octanol–water partition coefficient (Wildman–Crippen LogP) is 3.19. The number of anilines is 1. The number of rotatable bonds is 2. The van der Waals surface area contributed by atoms with Gasteiger partial charge in [0.25, 0.3) is 0 Å². The summed E-state index contributed by atoms with van der Waals surface area (Å²) in [5, 5.41) is 9.65. The number of carbonyl (C=O) groups is 1. The van der Waals surface area contributed by atoms with E-state index in [0.717, 1.165) is 6.42 Å². The highest BCUT2D eigenvalue weighted by atomic mass is 79.9. The van der Waals surface area contributed by atoms with E-state index in [2.05, 4.69) is 20.9 Å². The lowest BCUT2D eigenvalue weighted by Gasteiger charge is -2.25. The van der Waals surface area contributed by atoms with Crippen molar-refractivity contribution in [2.24, 2.45) is 0 Å². The Kier molecular flexibility index (Phi) is 3.33. The van der Waals surface area contributed by atoms with Gasteiger partial charge >= 0.3 is 5.97 Å². The fourth-order valence-electron chi connectivity index (χ4n) is 2.73. The zero-order valence-corrected chi connectivity index (χ0v) is 12.1. The van der Waals surface area contributed by atoms with Gasteiger partial charge in [-0.05, 0) is 47.0 Å². The first kappa shape index (κ1) is 13.3. The molecule has 0 bridgehead atoms. The van der Waals surface area contributed by atoms with E-state index in [4.69, 9.17) is 0 Å². The van der Waals surface area contributed by atoms with Gasteiger partial charge in [0.2, 0.25) is 0 Å². The average molecular weight is 339 g/mol. The second-order valence-corrected chi connectivity index (χ2v) is 5.63. The smallest absolute Gasteiger partial charge is 0.326 e. The molecule has 1 aromatic carbocycles. The molecule has 1 aromatic heterocycles. The summed E-state index contributed by atoms with van der Waals surface area (Å²) in [6, 6.07) is 4.05. The lowest BCUT2D eigenvalue weighted by Crippen LogP contribution is -2.36. The summed E-state index contributed by atoms with van der Waals surface area (Å²) < 4.78 is 14.9. The summed E-state index contributed by atoms with van der Waals surface area (Å²) in [7, 11) is 0. The minimum atomic E-state index is -0.872. The highest BCUT2D eigenvalue weighted by Gasteiger charge is 2.32. The Morgan fingerprint density at radius 1 is 1.45 bits per heavy atom. The van der Waals surface area contributed by atoms with Gasteiger partial charge in [-0.1, -0.05) is 0 Å². The molecular formula is C14H12BrFN2O2. The molecule has 0 saturated carbocycles. The second kappa shape index (κ2) is 5.01. The van der Waals surface area contributed by atoms with Crippen molar-refractivity contribution in [3.8, 4) is 0 Å². The number of nitrogens with zero attached hydrogens (tertiary/aromatic N) is 2. The lowest BCUT2D eigenvalue weighted by atomic mass is 10.1. The molecule has 2 aromatic rings. The third-order valence-electron chi connectivity index (χ3n) is 3.62. The zero-order chi connectivity index (χ0) is 14.3. The van der Waals surface area contributed by atoms with Crippen LogP contribution in [0.2, 0.25) is 0 Å². The van der Waals surface area contributed by atoms with Crippen LogP contribution in [0.5, 0.6) is 0 Å². The fourth-order valence-corrected chi connectivity index (χ4v) is 3.16. The molecule has 1 aliphatic rings. The fraction of sp³-hybridized carbons (Fsp3) is 0.286. The molecule has 0 unspecified atom stereocenters. The lowest BCUT2D eigenvalue weighted by molar-refractivity contribution is -0.138. The maximum absolute atomic E-state index is 14.2. The summed E-state index contributed by atoms with van der Waals surface area (Å²) >= 11 is 3.35. The van der Waals surface area contributed by atoms with Crippen molar-refractivity contribution < 1.29 is 14.3 Å². The number of fused-ring (bicyclic) bond motifs is 1. The number of aliphatic carboxylic acids is 1. The van der Waals surface area contributed by atoms with Gasteiger partial charge in [-0.3, -0.25) is 4.98 Å². The van der Waals surface area contributed by atoms with Crippen molar-refractivity contribution in [1.29, 1.82) is 0 Å². The van der Waals surface area contributed by atoms with Crippen LogP contribution in [0.25, 0.3) is 10.9 Å². The molecule has 3 rings (SSSR count). The Bertz CT molecular complexity index is 692. The number of halogens is 2. The monoisotopic (exact) mass is 338 g/mol. The number of carboxylic acid groups (broad SMARTS) is 1. The molecule has 6 heteroatoms. The number of pyridine rings is 1. The molecule has 0 radical (unpaired) electrons. The van der Waals surface area contributed by atoms with E-state index in [1.807, 2.05) is 0 Å². The van der Waals surface area contributed by atoms with Gasteiger partial charge < -0.3 is 10.0 Å². The number of hydrogen-bond donors (Lipinski definition) is 1. The zero-order valence-electron chi connectivity index (χ0n) is 10.5. The normalized spacial score (nSPS) is 18.7. The van der Waals surface area contributed by atoms with E-state index < -0.39 is 12.0 Å². The maximum atomic E-state index is 14.2. The number of hydrogen-bond acceptors (Lipinski definition) is 3. The van der Waals surface area contributed by atoms with E-state index in [-0.39, 0.29) is 5.82 Å². The highest BCUT2D eigenvalue weighted by molar-refractivity contribution is 9.10. The quantitative estimate of drug-likeness (QED) is 0.913. The number of carboxylic acids is 1. The first-order valence-electron chi connectivity index (χ1n) is 6.32. The average Bonchev–Trinajstić information content (AvgIpc) is 2.92. The number of benzene rings is 1. The largest absolute Gasteiger partial charge is 0.480 e. The Morgan fingerprint density at radius 3 is 3.00 bits per heavy atom. The Hall–Kier alpha value is -1.69. The van der Waals surface area contributed by atoms with Crippen LogP contribution in [0.15, 0.2) is 28.9 Å². The first-order chi connectivity index (χ1) is 9.59. The third-order valence-corrected chi connectivity index (χ3v) is 4.26. The van der Waals surface area contributed by atoms with Crippen LogP contribution in [-0.4, -0.2) is 28.6 Å². The Labute approximate surface area is 123 Å².